The summed E-state index contributed by atoms with van der Waals surface area (Å²) in [6.45, 7) is 9.97. The molecule has 0 bridgehead atoms. The molecule has 0 saturated heterocycles. The summed E-state index contributed by atoms with van der Waals surface area (Å²) >= 11 is 0. The number of unbranched alkanes of at least 4 members (excludes halogenated alkanes) is 14. The first kappa shape index (κ1) is 26.2. The van der Waals surface area contributed by atoms with E-state index in [9.17, 15) is 4.79 Å². The molecular weight excluding hydrogens is 336 g/mol. The molecule has 0 aromatic rings. The predicted octanol–water partition coefficient (Wildman–Crippen LogP) is 7.38. The van der Waals surface area contributed by atoms with Crippen molar-refractivity contribution in [3.8, 4) is 0 Å². The van der Waals surface area contributed by atoms with Crippen molar-refractivity contribution in [1.29, 1.82) is 0 Å². The van der Waals surface area contributed by atoms with Crippen LogP contribution in [-0.4, -0.2) is 25.8 Å². The van der Waals surface area contributed by atoms with Gasteiger partial charge in [0.05, 0.1) is 6.61 Å². The van der Waals surface area contributed by atoms with Crippen LogP contribution in [0.15, 0.2) is 12.2 Å². The lowest BCUT2D eigenvalue weighted by molar-refractivity contribution is -0.139. The maximum absolute atomic E-state index is 11.2. The number of rotatable bonds is 21. The van der Waals surface area contributed by atoms with E-state index in [2.05, 4.69) is 13.5 Å². The molecule has 0 atom stereocenters. The Morgan fingerprint density at radius 1 is 0.630 bits per heavy atom. The fourth-order valence-corrected chi connectivity index (χ4v) is 3.09. The van der Waals surface area contributed by atoms with Gasteiger partial charge in [-0.2, -0.15) is 0 Å². The third kappa shape index (κ3) is 21.3. The fraction of sp³-hybridized carbons (Fsp3) is 0.875. The van der Waals surface area contributed by atoms with Gasteiger partial charge in [0, 0.05) is 18.8 Å². The molecule has 0 aliphatic heterocycles. The highest BCUT2D eigenvalue weighted by Crippen LogP contribution is 2.11. The van der Waals surface area contributed by atoms with Crippen molar-refractivity contribution >= 4 is 5.97 Å². The van der Waals surface area contributed by atoms with Gasteiger partial charge >= 0.3 is 5.97 Å². The van der Waals surface area contributed by atoms with Crippen molar-refractivity contribution < 1.29 is 14.3 Å². The van der Waals surface area contributed by atoms with Crippen LogP contribution in [0.5, 0.6) is 0 Å². The molecule has 0 aromatic carbocycles. The van der Waals surface area contributed by atoms with E-state index in [0.29, 0.717) is 12.2 Å². The van der Waals surface area contributed by atoms with Crippen molar-refractivity contribution in [3.05, 3.63) is 12.2 Å². The summed E-state index contributed by atoms with van der Waals surface area (Å²) in [5.74, 6) is -0.261. The Morgan fingerprint density at radius 2 is 1.00 bits per heavy atom. The normalized spacial score (nSPS) is 10.9. The molecule has 3 heteroatoms. The van der Waals surface area contributed by atoms with E-state index in [-0.39, 0.29) is 5.97 Å². The molecule has 0 N–H and O–H groups in total. The van der Waals surface area contributed by atoms with Crippen molar-refractivity contribution in [2.75, 3.05) is 19.8 Å². The molecule has 0 saturated carbocycles. The molecule has 0 amide bonds. The quantitative estimate of drug-likeness (QED) is 0.118. The Balaban J connectivity index is 3.05. The van der Waals surface area contributed by atoms with E-state index in [1.54, 1.807) is 6.92 Å². The van der Waals surface area contributed by atoms with E-state index in [4.69, 9.17) is 9.47 Å². The monoisotopic (exact) mass is 382 g/mol. The second-order valence-electron chi connectivity index (χ2n) is 7.83. The van der Waals surface area contributed by atoms with Gasteiger partial charge in [-0.25, -0.2) is 4.79 Å². The number of ether oxygens (including phenoxy) is 2. The van der Waals surface area contributed by atoms with Crippen molar-refractivity contribution in [2.24, 2.45) is 0 Å². The molecule has 0 rings (SSSR count). The topological polar surface area (TPSA) is 35.5 Å². The van der Waals surface area contributed by atoms with Gasteiger partial charge in [-0.1, -0.05) is 97.0 Å². The zero-order chi connectivity index (χ0) is 20.0. The molecule has 0 spiro atoms. The van der Waals surface area contributed by atoms with Crippen LogP contribution in [0, 0.1) is 0 Å². The molecule has 0 radical (unpaired) electrons. The minimum absolute atomic E-state index is 0.261. The van der Waals surface area contributed by atoms with Crippen molar-refractivity contribution in [3.63, 3.8) is 0 Å². The third-order valence-electron chi connectivity index (χ3n) is 4.91. The predicted molar refractivity (Wildman–Crippen MR) is 116 cm³/mol. The average molecular weight is 383 g/mol. The summed E-state index contributed by atoms with van der Waals surface area (Å²) < 4.78 is 10.8. The fourth-order valence-electron chi connectivity index (χ4n) is 3.09. The molecule has 0 unspecified atom stereocenters. The Kier molecular flexibility index (Phi) is 20.8. The summed E-state index contributed by atoms with van der Waals surface area (Å²) in [5.41, 5.74) is 0.486. The maximum atomic E-state index is 11.2. The summed E-state index contributed by atoms with van der Waals surface area (Å²) in [7, 11) is 0. The van der Waals surface area contributed by atoms with Crippen LogP contribution < -0.4 is 0 Å². The summed E-state index contributed by atoms with van der Waals surface area (Å²) in [6.07, 6.45) is 20.6. The van der Waals surface area contributed by atoms with E-state index >= 15 is 0 Å². The second kappa shape index (κ2) is 21.5. The highest BCUT2D eigenvalue weighted by molar-refractivity contribution is 5.86. The number of carbonyl (C=O) groups excluding carboxylic acids is 1. The lowest BCUT2D eigenvalue weighted by atomic mass is 10.1. The minimum Gasteiger partial charge on any atom is -0.462 e. The van der Waals surface area contributed by atoms with Gasteiger partial charge in [0.25, 0.3) is 0 Å². The Bertz CT molecular complexity index is 339. The molecule has 0 aliphatic carbocycles. The van der Waals surface area contributed by atoms with Crippen LogP contribution in [0.2, 0.25) is 0 Å². The maximum Gasteiger partial charge on any atom is 0.333 e. The smallest absolute Gasteiger partial charge is 0.333 e. The lowest BCUT2D eigenvalue weighted by Gasteiger charge is -2.05. The second-order valence-corrected chi connectivity index (χ2v) is 7.83. The first-order chi connectivity index (χ1) is 13.2. The van der Waals surface area contributed by atoms with E-state index in [1.807, 2.05) is 0 Å². The summed E-state index contributed by atoms with van der Waals surface area (Å²) in [6, 6.07) is 0. The van der Waals surface area contributed by atoms with Gasteiger partial charge in [0.2, 0.25) is 0 Å². The zero-order valence-corrected chi connectivity index (χ0v) is 18.4. The van der Waals surface area contributed by atoms with E-state index in [1.165, 1.54) is 89.9 Å². The highest BCUT2D eigenvalue weighted by atomic mass is 16.5. The van der Waals surface area contributed by atoms with Gasteiger partial charge in [-0.3, -0.25) is 0 Å². The molecule has 27 heavy (non-hydrogen) atoms. The first-order valence-corrected chi connectivity index (χ1v) is 11.6. The Labute approximate surface area is 169 Å². The summed E-state index contributed by atoms with van der Waals surface area (Å²) in [4.78, 5) is 11.2. The van der Waals surface area contributed by atoms with Crippen LogP contribution in [0.25, 0.3) is 0 Å². The number of carbonyl (C=O) groups is 1. The van der Waals surface area contributed by atoms with Crippen LogP contribution in [0.1, 0.15) is 117 Å². The van der Waals surface area contributed by atoms with E-state index < -0.39 is 0 Å². The largest absolute Gasteiger partial charge is 0.462 e. The van der Waals surface area contributed by atoms with Crippen molar-refractivity contribution in [2.45, 2.75) is 117 Å². The molecular formula is C24H46O3. The average Bonchev–Trinajstić information content (AvgIpc) is 2.66. The lowest BCUT2D eigenvalue weighted by Crippen LogP contribution is -2.05. The van der Waals surface area contributed by atoms with Crippen LogP contribution in [-0.2, 0) is 14.3 Å². The van der Waals surface area contributed by atoms with Gasteiger partial charge in [-0.05, 0) is 26.2 Å². The Morgan fingerprint density at radius 3 is 1.41 bits per heavy atom. The molecule has 160 valence electrons. The SMILES string of the molecule is C=C(C)C(=O)OCCCCCCCCCCCCOCCCCCCCC. The minimum atomic E-state index is -0.261. The Hall–Kier alpha value is -0.830. The molecule has 0 heterocycles. The number of esters is 1. The van der Waals surface area contributed by atoms with Gasteiger partial charge in [-0.15, -0.1) is 0 Å². The van der Waals surface area contributed by atoms with Gasteiger partial charge in [0.15, 0.2) is 0 Å². The van der Waals surface area contributed by atoms with Gasteiger partial charge < -0.3 is 9.47 Å². The number of hydrogen-bond acceptors (Lipinski definition) is 3. The molecule has 3 nitrogen and oxygen atoms in total. The van der Waals surface area contributed by atoms with Gasteiger partial charge in [0.1, 0.15) is 0 Å². The van der Waals surface area contributed by atoms with E-state index in [0.717, 1.165) is 26.1 Å². The number of hydrogen-bond donors (Lipinski definition) is 0. The van der Waals surface area contributed by atoms with Crippen LogP contribution >= 0.6 is 0 Å². The standard InChI is InChI=1S/C24H46O3/c1-4-5-6-7-14-17-20-26-21-18-15-12-10-8-9-11-13-16-19-22-27-24(25)23(2)3/h2,4-22H2,1,3H3. The van der Waals surface area contributed by atoms with Crippen LogP contribution in [0.3, 0.4) is 0 Å². The van der Waals surface area contributed by atoms with Crippen molar-refractivity contribution in [1.82, 2.24) is 0 Å². The first-order valence-electron chi connectivity index (χ1n) is 11.6. The molecule has 0 fully saturated rings. The summed E-state index contributed by atoms with van der Waals surface area (Å²) in [5, 5.41) is 0. The highest BCUT2D eigenvalue weighted by Gasteiger charge is 2.01. The molecule has 0 aromatic heterocycles. The third-order valence-corrected chi connectivity index (χ3v) is 4.91. The zero-order valence-electron chi connectivity index (χ0n) is 18.4. The molecule has 0 aliphatic rings. The van der Waals surface area contributed by atoms with Crippen LogP contribution in [0.4, 0.5) is 0 Å².